The summed E-state index contributed by atoms with van der Waals surface area (Å²) in [6, 6.07) is 5.51. The smallest absolute Gasteiger partial charge is 0.333 e. The van der Waals surface area contributed by atoms with E-state index in [1.165, 1.54) is 24.3 Å². The molecule has 6 unspecified atom stereocenters. The average molecular weight is 558 g/mol. The molecule has 0 saturated carbocycles. The van der Waals surface area contributed by atoms with E-state index in [1.807, 2.05) is 0 Å². The second-order valence-electron chi connectivity index (χ2n) is 10.0. The van der Waals surface area contributed by atoms with Crippen LogP contribution in [0.5, 0.6) is 11.5 Å². The number of aliphatic hydroxyl groups excluding tert-OH is 4. The van der Waals surface area contributed by atoms with E-state index in [9.17, 15) is 45.3 Å². The Morgan fingerprint density at radius 1 is 1.02 bits per heavy atom. The fourth-order valence-corrected chi connectivity index (χ4v) is 5.02. The molecule has 1 saturated heterocycles. The van der Waals surface area contributed by atoms with Gasteiger partial charge in [-0.05, 0) is 55.7 Å². The van der Waals surface area contributed by atoms with Gasteiger partial charge in [-0.3, -0.25) is 9.79 Å². The summed E-state index contributed by atoms with van der Waals surface area (Å²) < 4.78 is 11.6. The van der Waals surface area contributed by atoms with Crippen LogP contribution in [0.15, 0.2) is 44.5 Å². The Morgan fingerprint density at radius 2 is 1.73 bits per heavy atom. The Balaban J connectivity index is 1.79. The van der Waals surface area contributed by atoms with Gasteiger partial charge in [-0.25, -0.2) is 4.79 Å². The first-order valence-corrected chi connectivity index (χ1v) is 12.5. The Bertz CT molecular complexity index is 1510. The summed E-state index contributed by atoms with van der Waals surface area (Å²) >= 11 is 0. The van der Waals surface area contributed by atoms with E-state index in [-0.39, 0.29) is 45.7 Å². The molecule has 3 aromatic rings. The monoisotopic (exact) mass is 557 g/mol. The molecule has 0 bridgehead atoms. The van der Waals surface area contributed by atoms with Gasteiger partial charge in [0.1, 0.15) is 53.4 Å². The number of phenolic OH excluding ortho intramolecular Hbond substituents is 2. The molecule has 1 aromatic heterocycles. The maximum Gasteiger partial charge on any atom is 0.333 e. The van der Waals surface area contributed by atoms with Gasteiger partial charge in [-0.1, -0.05) is 6.07 Å². The number of benzene rings is 2. The van der Waals surface area contributed by atoms with Crippen LogP contribution < -0.4 is 5.43 Å². The minimum absolute atomic E-state index is 0.0609. The molecule has 2 heterocycles. The second-order valence-corrected chi connectivity index (χ2v) is 10.0. The van der Waals surface area contributed by atoms with E-state index >= 15 is 0 Å². The first-order chi connectivity index (χ1) is 18.8. The number of aliphatic hydroxyl groups is 4. The van der Waals surface area contributed by atoms with Gasteiger partial charge in [0.15, 0.2) is 11.5 Å². The van der Waals surface area contributed by atoms with Crippen LogP contribution in [0.3, 0.4) is 0 Å². The zero-order chi connectivity index (χ0) is 29.5. The van der Waals surface area contributed by atoms with Crippen molar-refractivity contribution in [2.75, 3.05) is 6.61 Å². The van der Waals surface area contributed by atoms with Gasteiger partial charge in [-0.2, -0.15) is 0 Å². The lowest BCUT2D eigenvalue weighted by Gasteiger charge is -2.40. The number of hydrogen-bond acceptors (Lipinski definition) is 11. The van der Waals surface area contributed by atoms with Gasteiger partial charge < -0.3 is 44.9 Å². The van der Waals surface area contributed by atoms with Crippen molar-refractivity contribution in [3.05, 3.63) is 68.6 Å². The third kappa shape index (κ3) is 5.58. The minimum Gasteiger partial charge on any atom is -0.508 e. The lowest BCUT2D eigenvalue weighted by molar-refractivity contribution is -0.231. The molecule has 214 valence electrons. The molecule has 12 nitrogen and oxygen atoms in total. The quantitative estimate of drug-likeness (QED) is 0.205. The van der Waals surface area contributed by atoms with E-state index in [4.69, 9.17) is 9.15 Å². The Labute approximate surface area is 228 Å². The lowest BCUT2D eigenvalue weighted by atomic mass is 9.89. The van der Waals surface area contributed by atoms with E-state index in [1.54, 1.807) is 26.8 Å². The summed E-state index contributed by atoms with van der Waals surface area (Å²) in [5.41, 5.74) is 0.741. The van der Waals surface area contributed by atoms with Crippen LogP contribution in [0, 0.1) is 13.8 Å². The van der Waals surface area contributed by atoms with Crippen molar-refractivity contribution in [1.82, 2.24) is 0 Å². The van der Waals surface area contributed by atoms with Gasteiger partial charge in [0, 0.05) is 18.2 Å². The Kier molecular flexibility index (Phi) is 8.28. The number of ether oxygens (including phenoxy) is 1. The van der Waals surface area contributed by atoms with Crippen molar-refractivity contribution in [2.45, 2.75) is 63.8 Å². The number of carboxylic acids is 1. The van der Waals surface area contributed by atoms with E-state index in [2.05, 4.69) is 4.99 Å². The molecule has 1 aliphatic rings. The molecule has 0 aliphatic carbocycles. The number of aryl methyl sites for hydroxylation is 2. The number of fused-ring (bicyclic) bond motifs is 1. The topological polar surface area (TPSA) is 210 Å². The van der Waals surface area contributed by atoms with Crippen LogP contribution in [0.4, 0.5) is 0 Å². The number of carbonyl (C=O) groups is 1. The van der Waals surface area contributed by atoms with Crippen LogP contribution in [-0.2, 0) is 16.0 Å². The number of aromatic hydroxyl groups is 2. The standard InChI is InChI=1S/C28H31NO11/c1-11-4-14(8-15(31)5-11)22(28(37)38)29-13(3)7-16-9-18(33)20-12(2)6-17(32)21(26(20)39-16)27-25(36)24(35)23(34)19(10-30)40-27/h4-6,8-9,19,22-25,27,30-32,34-36H,7,10H2,1-3H3,(H,37,38)/b29-13-. The number of aliphatic imine (C=N–C) groups is 1. The number of nitrogens with zero attached hydrogens (tertiary/aromatic N) is 1. The number of rotatable bonds is 7. The minimum atomic E-state index is -1.74. The number of aliphatic carboxylic acids is 1. The highest BCUT2D eigenvalue weighted by molar-refractivity contribution is 5.89. The summed E-state index contributed by atoms with van der Waals surface area (Å²) in [6.07, 6.45) is -7.95. The predicted octanol–water partition coefficient (Wildman–Crippen LogP) is 1.17. The van der Waals surface area contributed by atoms with E-state index in [0.717, 1.165) is 0 Å². The molecule has 40 heavy (non-hydrogen) atoms. The molecule has 1 aliphatic heterocycles. The van der Waals surface area contributed by atoms with Crippen molar-refractivity contribution in [3.63, 3.8) is 0 Å². The summed E-state index contributed by atoms with van der Waals surface area (Å²) in [4.78, 5) is 29.4. The molecule has 0 amide bonds. The van der Waals surface area contributed by atoms with Crippen molar-refractivity contribution in [2.24, 2.45) is 4.99 Å². The molecule has 12 heteroatoms. The third-order valence-electron chi connectivity index (χ3n) is 6.86. The molecule has 0 radical (unpaired) electrons. The predicted molar refractivity (Wildman–Crippen MR) is 142 cm³/mol. The van der Waals surface area contributed by atoms with Crippen LogP contribution in [0.25, 0.3) is 11.0 Å². The van der Waals surface area contributed by atoms with Crippen LogP contribution in [-0.4, -0.2) is 78.4 Å². The second kappa shape index (κ2) is 11.4. The first kappa shape index (κ1) is 29.2. The molecule has 6 atom stereocenters. The fraction of sp³-hybridized carbons (Fsp3) is 0.393. The van der Waals surface area contributed by atoms with Gasteiger partial charge in [-0.15, -0.1) is 0 Å². The van der Waals surface area contributed by atoms with Crippen LogP contribution in [0.2, 0.25) is 0 Å². The Hall–Kier alpha value is -3.81. The average Bonchev–Trinajstić information content (AvgIpc) is 2.85. The highest BCUT2D eigenvalue weighted by atomic mass is 16.5. The van der Waals surface area contributed by atoms with Gasteiger partial charge in [0.2, 0.25) is 0 Å². The summed E-state index contributed by atoms with van der Waals surface area (Å²) in [5.74, 6) is -1.71. The van der Waals surface area contributed by atoms with Gasteiger partial charge in [0.05, 0.1) is 17.6 Å². The molecule has 1 fully saturated rings. The Morgan fingerprint density at radius 3 is 2.35 bits per heavy atom. The molecular formula is C28H31NO11. The zero-order valence-corrected chi connectivity index (χ0v) is 22.0. The summed E-state index contributed by atoms with van der Waals surface area (Å²) in [5, 5.41) is 71.3. The largest absolute Gasteiger partial charge is 0.508 e. The third-order valence-corrected chi connectivity index (χ3v) is 6.86. The van der Waals surface area contributed by atoms with Crippen molar-refractivity contribution < 1.29 is 49.7 Å². The van der Waals surface area contributed by atoms with Crippen LogP contribution >= 0.6 is 0 Å². The number of carboxylic acid groups (broad SMARTS) is 1. The SMILES string of the molecule is C/C(Cc1cc(=O)c2c(C)cc(O)c(C3OC(CO)C(O)C(O)C3O)c2o1)=N/C(C(=O)O)c1cc(C)cc(O)c1. The van der Waals surface area contributed by atoms with Crippen molar-refractivity contribution in [1.29, 1.82) is 0 Å². The van der Waals surface area contributed by atoms with Crippen molar-refractivity contribution >= 4 is 22.7 Å². The van der Waals surface area contributed by atoms with E-state index < -0.39 is 60.3 Å². The highest BCUT2D eigenvalue weighted by Crippen LogP contribution is 2.41. The molecular weight excluding hydrogens is 526 g/mol. The normalized spacial score (nSPS) is 24.3. The van der Waals surface area contributed by atoms with Gasteiger partial charge in [0.25, 0.3) is 0 Å². The fourth-order valence-electron chi connectivity index (χ4n) is 5.02. The maximum absolute atomic E-state index is 13.2. The summed E-state index contributed by atoms with van der Waals surface area (Å²) in [6.45, 7) is 4.12. The highest BCUT2D eigenvalue weighted by Gasteiger charge is 2.46. The molecule has 2 aromatic carbocycles. The zero-order valence-electron chi connectivity index (χ0n) is 22.0. The summed E-state index contributed by atoms with van der Waals surface area (Å²) in [7, 11) is 0. The maximum atomic E-state index is 13.2. The number of hydrogen-bond donors (Lipinski definition) is 7. The molecule has 7 N–H and O–H groups in total. The lowest BCUT2D eigenvalue weighted by Crippen LogP contribution is -2.55. The first-order valence-electron chi connectivity index (χ1n) is 12.5. The van der Waals surface area contributed by atoms with E-state index in [0.29, 0.717) is 11.1 Å². The van der Waals surface area contributed by atoms with Crippen molar-refractivity contribution in [3.8, 4) is 11.5 Å². The molecule has 4 rings (SSSR count). The number of phenols is 2. The van der Waals surface area contributed by atoms with Gasteiger partial charge >= 0.3 is 5.97 Å². The molecule has 0 spiro atoms. The van der Waals surface area contributed by atoms with Crippen LogP contribution in [0.1, 0.15) is 47.1 Å².